The predicted molar refractivity (Wildman–Crippen MR) is 121 cm³/mol. The summed E-state index contributed by atoms with van der Waals surface area (Å²) in [5.74, 6) is 0.0349. The summed E-state index contributed by atoms with van der Waals surface area (Å²) in [7, 11) is 0. The molecule has 3 aromatic heterocycles. The summed E-state index contributed by atoms with van der Waals surface area (Å²) in [6.45, 7) is 2.82. The van der Waals surface area contributed by atoms with Crippen molar-refractivity contribution in [3.8, 4) is 11.3 Å². The second-order valence-electron chi connectivity index (χ2n) is 8.07. The van der Waals surface area contributed by atoms with Gasteiger partial charge in [-0.25, -0.2) is 13.9 Å². The summed E-state index contributed by atoms with van der Waals surface area (Å²) in [5, 5.41) is 18.0. The van der Waals surface area contributed by atoms with Crippen molar-refractivity contribution in [1.82, 2.24) is 24.9 Å². The zero-order valence-electron chi connectivity index (χ0n) is 18.0. The molecule has 0 bridgehead atoms. The maximum atomic E-state index is 13.4. The van der Waals surface area contributed by atoms with Crippen LogP contribution in [0.3, 0.4) is 0 Å². The van der Waals surface area contributed by atoms with E-state index in [1.165, 1.54) is 18.3 Å². The van der Waals surface area contributed by atoms with Crippen LogP contribution < -0.4 is 10.2 Å². The van der Waals surface area contributed by atoms with Crippen LogP contribution in [0.4, 0.5) is 10.2 Å². The lowest BCUT2D eigenvalue weighted by Crippen LogP contribution is -2.42. The number of amides is 1. The molecule has 1 fully saturated rings. The summed E-state index contributed by atoms with van der Waals surface area (Å²) in [5.41, 5.74) is 3.31. The quantitative estimate of drug-likeness (QED) is 0.489. The van der Waals surface area contributed by atoms with E-state index in [4.69, 9.17) is 0 Å². The van der Waals surface area contributed by atoms with E-state index in [9.17, 15) is 14.3 Å². The van der Waals surface area contributed by atoms with Gasteiger partial charge in [0.25, 0.3) is 5.91 Å². The first-order chi connectivity index (χ1) is 16.0. The van der Waals surface area contributed by atoms with E-state index in [1.807, 2.05) is 30.2 Å². The summed E-state index contributed by atoms with van der Waals surface area (Å²) < 4.78 is 15.2. The third kappa shape index (κ3) is 4.27. The van der Waals surface area contributed by atoms with Crippen LogP contribution in [0.1, 0.15) is 23.0 Å². The Labute approximate surface area is 189 Å². The lowest BCUT2D eigenvalue weighted by Gasteiger charge is -2.17. The third-order valence-electron chi connectivity index (χ3n) is 5.79. The summed E-state index contributed by atoms with van der Waals surface area (Å²) in [4.78, 5) is 23.4. The molecule has 5 rings (SSSR count). The molecule has 1 aromatic carbocycles. The van der Waals surface area contributed by atoms with Crippen molar-refractivity contribution in [3.63, 3.8) is 0 Å². The Hall–Kier alpha value is -3.85. The largest absolute Gasteiger partial charge is 0.389 e. The van der Waals surface area contributed by atoms with E-state index in [1.54, 1.807) is 28.8 Å². The maximum Gasteiger partial charge on any atom is 0.253 e. The molecule has 2 N–H and O–H groups in total. The van der Waals surface area contributed by atoms with Crippen LogP contribution in [0.2, 0.25) is 0 Å². The number of pyridine rings is 1. The number of halogens is 1. The normalized spacial score (nSPS) is 18.1. The lowest BCUT2D eigenvalue weighted by molar-refractivity contribution is 0.0888. The number of β-amino-alcohol motifs (C(OH)–C–C–N with tert-alkyl or cyclic N) is 1. The number of aliphatic hydroxyl groups excluding tert-OH is 1. The minimum atomic E-state index is -0.736. The fourth-order valence-electron chi connectivity index (χ4n) is 3.97. The Bertz CT molecular complexity index is 1310. The van der Waals surface area contributed by atoms with E-state index in [0.717, 1.165) is 17.8 Å². The Balaban J connectivity index is 1.26. The van der Waals surface area contributed by atoms with Crippen LogP contribution in [0.5, 0.6) is 0 Å². The number of imidazole rings is 1. The number of benzene rings is 1. The first-order valence-corrected chi connectivity index (χ1v) is 10.8. The van der Waals surface area contributed by atoms with Gasteiger partial charge < -0.3 is 15.3 Å². The number of carbonyl (C=O) groups is 1. The van der Waals surface area contributed by atoms with Gasteiger partial charge in [0, 0.05) is 24.8 Å². The summed E-state index contributed by atoms with van der Waals surface area (Å²) in [6.07, 6.45) is 3.44. The van der Waals surface area contributed by atoms with E-state index < -0.39 is 12.1 Å². The number of rotatable bonds is 5. The fourth-order valence-corrected chi connectivity index (χ4v) is 3.97. The molecule has 33 heavy (non-hydrogen) atoms. The number of hydrogen-bond donors (Lipinski definition) is 2. The first kappa shape index (κ1) is 21.0. The number of anilines is 1. The van der Waals surface area contributed by atoms with Crippen molar-refractivity contribution in [1.29, 1.82) is 0 Å². The number of aryl methyl sites for hydroxylation is 1. The van der Waals surface area contributed by atoms with E-state index >= 15 is 0 Å². The third-order valence-corrected chi connectivity index (χ3v) is 5.79. The SMILES string of the molecule is CCc1cn2nc(N3CC(O)C(NC(=O)c4ccc(-c5cccc(F)c5)nc4)C3)ccc2n1. The van der Waals surface area contributed by atoms with Crippen LogP contribution in [0.15, 0.2) is 60.9 Å². The average Bonchev–Trinajstić information content (AvgIpc) is 3.41. The molecule has 4 aromatic rings. The van der Waals surface area contributed by atoms with E-state index in [0.29, 0.717) is 35.7 Å². The Morgan fingerprint density at radius 1 is 1.21 bits per heavy atom. The van der Waals surface area contributed by atoms with Crippen molar-refractivity contribution >= 4 is 17.4 Å². The van der Waals surface area contributed by atoms with Crippen molar-refractivity contribution in [3.05, 3.63) is 78.0 Å². The van der Waals surface area contributed by atoms with Gasteiger partial charge in [0.2, 0.25) is 0 Å². The van der Waals surface area contributed by atoms with Gasteiger partial charge in [0.15, 0.2) is 5.65 Å². The molecule has 1 aliphatic heterocycles. The molecule has 8 nitrogen and oxygen atoms in total. The van der Waals surface area contributed by atoms with Crippen LogP contribution in [-0.4, -0.2) is 55.8 Å². The molecule has 1 saturated heterocycles. The molecule has 0 spiro atoms. The molecule has 9 heteroatoms. The van der Waals surface area contributed by atoms with Gasteiger partial charge in [-0.3, -0.25) is 9.78 Å². The van der Waals surface area contributed by atoms with Crippen LogP contribution in [-0.2, 0) is 6.42 Å². The van der Waals surface area contributed by atoms with Crippen LogP contribution >= 0.6 is 0 Å². The molecular weight excluding hydrogens is 423 g/mol. The monoisotopic (exact) mass is 446 g/mol. The highest BCUT2D eigenvalue weighted by Crippen LogP contribution is 2.21. The van der Waals surface area contributed by atoms with Gasteiger partial charge >= 0.3 is 0 Å². The van der Waals surface area contributed by atoms with Gasteiger partial charge in [-0.2, -0.15) is 0 Å². The highest BCUT2D eigenvalue weighted by atomic mass is 19.1. The van der Waals surface area contributed by atoms with E-state index in [2.05, 4.69) is 20.4 Å². The first-order valence-electron chi connectivity index (χ1n) is 10.8. The zero-order valence-corrected chi connectivity index (χ0v) is 18.0. The molecule has 2 atom stereocenters. The topological polar surface area (TPSA) is 95.7 Å². The number of fused-ring (bicyclic) bond motifs is 1. The molecule has 4 heterocycles. The minimum Gasteiger partial charge on any atom is -0.389 e. The van der Waals surface area contributed by atoms with Crippen molar-refractivity contribution in [2.24, 2.45) is 0 Å². The lowest BCUT2D eigenvalue weighted by atomic mass is 10.1. The van der Waals surface area contributed by atoms with Crippen molar-refractivity contribution in [2.45, 2.75) is 25.5 Å². The maximum absolute atomic E-state index is 13.4. The van der Waals surface area contributed by atoms with Gasteiger partial charge in [-0.1, -0.05) is 19.1 Å². The number of carbonyl (C=O) groups excluding carboxylic acids is 1. The molecule has 0 saturated carbocycles. The standard InChI is InChI=1S/C24H23FN6O2/c1-2-18-12-31-22(27-18)8-9-23(29-31)30-13-20(21(32)14-30)28-24(33)16-6-7-19(26-11-16)15-4-3-5-17(25)10-15/h3-12,20-21,32H,2,13-14H2,1H3,(H,28,33). The highest BCUT2D eigenvalue weighted by Gasteiger charge is 2.33. The van der Waals surface area contributed by atoms with Gasteiger partial charge in [0.05, 0.1) is 35.3 Å². The number of aromatic nitrogens is 4. The van der Waals surface area contributed by atoms with Crippen LogP contribution in [0, 0.1) is 5.82 Å². The summed E-state index contributed by atoms with van der Waals surface area (Å²) >= 11 is 0. The minimum absolute atomic E-state index is 0.329. The second-order valence-corrected chi connectivity index (χ2v) is 8.07. The molecule has 1 amide bonds. The Morgan fingerprint density at radius 2 is 2.09 bits per heavy atom. The molecule has 168 valence electrons. The predicted octanol–water partition coefficient (Wildman–Crippen LogP) is 2.47. The Kier molecular flexibility index (Phi) is 5.47. The average molecular weight is 446 g/mol. The fraction of sp³-hybridized carbons (Fsp3) is 0.250. The van der Waals surface area contributed by atoms with Crippen molar-refractivity contribution < 1.29 is 14.3 Å². The zero-order chi connectivity index (χ0) is 22.9. The number of nitrogens with zero attached hydrogens (tertiary/aromatic N) is 5. The van der Waals surface area contributed by atoms with E-state index in [-0.39, 0.29) is 11.7 Å². The second kappa shape index (κ2) is 8.59. The Morgan fingerprint density at radius 3 is 2.85 bits per heavy atom. The molecule has 1 aliphatic rings. The van der Waals surface area contributed by atoms with Gasteiger partial charge in [-0.05, 0) is 42.8 Å². The molecule has 2 unspecified atom stereocenters. The smallest absolute Gasteiger partial charge is 0.253 e. The summed E-state index contributed by atoms with van der Waals surface area (Å²) in [6, 6.07) is 12.8. The van der Waals surface area contributed by atoms with Gasteiger partial charge in [0.1, 0.15) is 11.6 Å². The number of aliphatic hydroxyl groups is 1. The van der Waals surface area contributed by atoms with Crippen molar-refractivity contribution in [2.75, 3.05) is 18.0 Å². The molecular formula is C24H23FN6O2. The molecule has 0 aliphatic carbocycles. The van der Waals surface area contributed by atoms with Crippen LogP contribution in [0.25, 0.3) is 16.9 Å². The number of hydrogen-bond acceptors (Lipinski definition) is 6. The van der Waals surface area contributed by atoms with Gasteiger partial charge in [-0.15, -0.1) is 5.10 Å². The number of nitrogens with one attached hydrogen (secondary N) is 1. The molecule has 0 radical (unpaired) electrons. The highest BCUT2D eigenvalue weighted by molar-refractivity contribution is 5.94.